The molecule has 1 aromatic carbocycles. The molecule has 1 aromatic rings. The fourth-order valence-electron chi connectivity index (χ4n) is 1.33. The van der Waals surface area contributed by atoms with Gasteiger partial charge in [0.05, 0.1) is 19.1 Å². The molecule has 19 heavy (non-hydrogen) atoms. The number of benzene rings is 1. The van der Waals surface area contributed by atoms with Crippen molar-refractivity contribution in [1.29, 1.82) is 0 Å². The molecule has 0 fully saturated rings. The minimum atomic E-state index is -0.496. The van der Waals surface area contributed by atoms with E-state index in [2.05, 4.69) is 0 Å². The van der Waals surface area contributed by atoms with Crippen LogP contribution in [0.25, 0.3) is 0 Å². The normalized spacial score (nSPS) is 11.7. The second-order valence-electron chi connectivity index (χ2n) is 4.09. The third-order valence-electron chi connectivity index (χ3n) is 2.48. The number of ether oxygens (including phenoxy) is 2. The number of anilines is 1. The van der Waals surface area contributed by atoms with Crippen LogP contribution in [0.1, 0.15) is 24.2 Å². The zero-order chi connectivity index (χ0) is 14.4. The van der Waals surface area contributed by atoms with Gasteiger partial charge in [0.15, 0.2) is 0 Å². The number of hydrogen-bond acceptors (Lipinski definition) is 5. The molecule has 0 aliphatic carbocycles. The van der Waals surface area contributed by atoms with Gasteiger partial charge in [0.2, 0.25) is 5.91 Å². The molecular weight excluding hydrogens is 248 g/mol. The highest BCUT2D eigenvalue weighted by Crippen LogP contribution is 2.23. The molecule has 1 unspecified atom stereocenters. The number of amides is 1. The van der Waals surface area contributed by atoms with Crippen molar-refractivity contribution in [3.05, 3.63) is 23.8 Å². The number of nitrogens with two attached hydrogens (primary N) is 2. The minimum Gasteiger partial charge on any atom is -0.492 e. The summed E-state index contributed by atoms with van der Waals surface area (Å²) in [4.78, 5) is 22.7. The highest BCUT2D eigenvalue weighted by Gasteiger charge is 2.16. The lowest BCUT2D eigenvalue weighted by atomic mass is 10.1. The van der Waals surface area contributed by atoms with E-state index < -0.39 is 17.8 Å². The zero-order valence-electron chi connectivity index (χ0n) is 11.0. The molecule has 0 aliphatic rings. The van der Waals surface area contributed by atoms with Gasteiger partial charge < -0.3 is 20.9 Å². The monoisotopic (exact) mass is 266 g/mol. The summed E-state index contributed by atoms with van der Waals surface area (Å²) in [6.45, 7) is 3.69. The summed E-state index contributed by atoms with van der Waals surface area (Å²) >= 11 is 0. The molecule has 0 heterocycles. The molecule has 1 atom stereocenters. The number of carbonyl (C=O) groups is 2. The summed E-state index contributed by atoms with van der Waals surface area (Å²) in [5.41, 5.74) is 11.5. The van der Waals surface area contributed by atoms with Gasteiger partial charge in [0.1, 0.15) is 11.3 Å². The van der Waals surface area contributed by atoms with Crippen molar-refractivity contribution in [3.8, 4) is 5.75 Å². The Kier molecular flexibility index (Phi) is 5.17. The summed E-state index contributed by atoms with van der Waals surface area (Å²) in [6, 6.07) is 4.62. The topological polar surface area (TPSA) is 105 Å². The molecule has 0 radical (unpaired) electrons. The van der Waals surface area contributed by atoms with Gasteiger partial charge in [-0.15, -0.1) is 0 Å². The molecule has 1 amide bonds. The van der Waals surface area contributed by atoms with Crippen LogP contribution >= 0.6 is 0 Å². The number of nitrogen functional groups attached to an aromatic ring is 1. The van der Waals surface area contributed by atoms with Crippen LogP contribution in [0.3, 0.4) is 0 Å². The molecule has 0 spiro atoms. The molecule has 6 nitrogen and oxygen atoms in total. The third-order valence-corrected chi connectivity index (χ3v) is 2.48. The Labute approximate surface area is 111 Å². The van der Waals surface area contributed by atoms with Gasteiger partial charge in [0, 0.05) is 11.8 Å². The largest absolute Gasteiger partial charge is 0.492 e. The average Bonchev–Trinajstić information content (AvgIpc) is 2.36. The molecule has 104 valence electrons. The summed E-state index contributed by atoms with van der Waals surface area (Å²) in [7, 11) is 0. The molecule has 6 heteroatoms. The van der Waals surface area contributed by atoms with E-state index in [-0.39, 0.29) is 24.5 Å². The Hall–Kier alpha value is -2.24. The van der Waals surface area contributed by atoms with E-state index in [0.29, 0.717) is 5.69 Å². The van der Waals surface area contributed by atoms with Gasteiger partial charge in [-0.05, 0) is 19.1 Å². The van der Waals surface area contributed by atoms with Crippen molar-refractivity contribution in [2.75, 3.05) is 18.9 Å². The fraction of sp³-hybridized carbons (Fsp3) is 0.385. The van der Waals surface area contributed by atoms with Crippen molar-refractivity contribution < 1.29 is 19.1 Å². The van der Waals surface area contributed by atoms with E-state index in [9.17, 15) is 9.59 Å². The fourth-order valence-corrected chi connectivity index (χ4v) is 1.33. The third kappa shape index (κ3) is 4.17. The van der Waals surface area contributed by atoms with Gasteiger partial charge >= 0.3 is 5.97 Å². The Morgan fingerprint density at radius 1 is 1.37 bits per heavy atom. The first kappa shape index (κ1) is 14.8. The Bertz CT molecular complexity index is 474. The van der Waals surface area contributed by atoms with Crippen LogP contribution < -0.4 is 16.2 Å². The predicted octanol–water partition coefficient (Wildman–Crippen LogP) is 0.946. The molecule has 0 aromatic heterocycles. The number of hydrogen-bond donors (Lipinski definition) is 2. The van der Waals surface area contributed by atoms with Gasteiger partial charge in [-0.1, -0.05) is 6.92 Å². The Morgan fingerprint density at radius 3 is 2.63 bits per heavy atom. The molecule has 1 rings (SSSR count). The van der Waals surface area contributed by atoms with Gasteiger partial charge in [0.25, 0.3) is 0 Å². The lowest BCUT2D eigenvalue weighted by Crippen LogP contribution is -2.26. The predicted molar refractivity (Wildman–Crippen MR) is 70.7 cm³/mol. The van der Waals surface area contributed by atoms with E-state index in [4.69, 9.17) is 20.9 Å². The molecule has 4 N–H and O–H groups in total. The van der Waals surface area contributed by atoms with Gasteiger partial charge in [-0.3, -0.25) is 4.79 Å². The number of carbonyl (C=O) groups excluding carboxylic acids is 2. The van der Waals surface area contributed by atoms with Crippen LogP contribution in [-0.4, -0.2) is 25.1 Å². The van der Waals surface area contributed by atoms with Crippen molar-refractivity contribution in [2.45, 2.75) is 13.8 Å². The first-order valence-corrected chi connectivity index (χ1v) is 5.94. The zero-order valence-corrected chi connectivity index (χ0v) is 11.0. The standard InChI is InChI=1S/C13H18N2O4/c1-3-18-13(17)10-5-4-9(14)6-11(10)19-7-8(2)12(15)16/h4-6,8H,3,7,14H2,1-2H3,(H2,15,16). The first-order chi connectivity index (χ1) is 8.95. The van der Waals surface area contributed by atoms with Crippen molar-refractivity contribution >= 4 is 17.6 Å². The number of rotatable bonds is 6. The second kappa shape index (κ2) is 6.63. The second-order valence-corrected chi connectivity index (χ2v) is 4.09. The van der Waals surface area contributed by atoms with E-state index >= 15 is 0 Å². The van der Waals surface area contributed by atoms with Crippen molar-refractivity contribution in [1.82, 2.24) is 0 Å². The molecule has 0 bridgehead atoms. The van der Waals surface area contributed by atoms with E-state index in [0.717, 1.165) is 0 Å². The first-order valence-electron chi connectivity index (χ1n) is 5.94. The Balaban J connectivity index is 2.88. The van der Waals surface area contributed by atoms with Crippen LogP contribution in [0, 0.1) is 5.92 Å². The summed E-state index contributed by atoms with van der Waals surface area (Å²) in [5, 5.41) is 0. The molecule has 0 saturated carbocycles. The lowest BCUT2D eigenvalue weighted by molar-refractivity contribution is -0.122. The highest BCUT2D eigenvalue weighted by molar-refractivity contribution is 5.93. The SMILES string of the molecule is CCOC(=O)c1ccc(N)cc1OCC(C)C(N)=O. The average molecular weight is 266 g/mol. The van der Waals surface area contributed by atoms with E-state index in [1.165, 1.54) is 12.1 Å². The van der Waals surface area contributed by atoms with Crippen LogP contribution in [0.4, 0.5) is 5.69 Å². The summed E-state index contributed by atoms with van der Waals surface area (Å²) < 4.78 is 10.3. The van der Waals surface area contributed by atoms with Crippen molar-refractivity contribution in [2.24, 2.45) is 11.7 Å². The molecule has 0 saturated heterocycles. The molecule has 0 aliphatic heterocycles. The van der Waals surface area contributed by atoms with Gasteiger partial charge in [-0.25, -0.2) is 4.79 Å². The smallest absolute Gasteiger partial charge is 0.341 e. The number of esters is 1. The Morgan fingerprint density at radius 2 is 2.05 bits per heavy atom. The van der Waals surface area contributed by atoms with Crippen LogP contribution in [-0.2, 0) is 9.53 Å². The summed E-state index contributed by atoms with van der Waals surface area (Å²) in [6.07, 6.45) is 0. The number of primary amides is 1. The minimum absolute atomic E-state index is 0.0746. The highest BCUT2D eigenvalue weighted by atomic mass is 16.5. The molecular formula is C13H18N2O4. The maximum Gasteiger partial charge on any atom is 0.341 e. The van der Waals surface area contributed by atoms with E-state index in [1.54, 1.807) is 19.9 Å². The van der Waals surface area contributed by atoms with Crippen molar-refractivity contribution in [3.63, 3.8) is 0 Å². The maximum atomic E-state index is 11.7. The van der Waals surface area contributed by atoms with Crippen LogP contribution in [0.2, 0.25) is 0 Å². The van der Waals surface area contributed by atoms with Crippen LogP contribution in [0.5, 0.6) is 5.75 Å². The van der Waals surface area contributed by atoms with Gasteiger partial charge in [-0.2, -0.15) is 0 Å². The lowest BCUT2D eigenvalue weighted by Gasteiger charge is -2.13. The summed E-state index contributed by atoms with van der Waals surface area (Å²) in [5.74, 6) is -1.14. The van der Waals surface area contributed by atoms with E-state index in [1.807, 2.05) is 0 Å². The maximum absolute atomic E-state index is 11.7. The quantitative estimate of drug-likeness (QED) is 0.589. The van der Waals surface area contributed by atoms with Crippen LogP contribution in [0.15, 0.2) is 18.2 Å².